The molecule has 3 heteroatoms. The fraction of sp³-hybridized carbons (Fsp3) is 0.415. The van der Waals surface area contributed by atoms with Crippen LogP contribution in [0.1, 0.15) is 115 Å². The lowest BCUT2D eigenvalue weighted by molar-refractivity contribution is 0.398. The molecule has 0 saturated heterocycles. The van der Waals surface area contributed by atoms with Gasteiger partial charge in [0, 0.05) is 31.4 Å². The molecule has 4 aromatic rings. The molecule has 232 valence electrons. The number of hydrogen-bond acceptors (Lipinski definition) is 1. The van der Waals surface area contributed by atoms with E-state index in [0.29, 0.717) is 0 Å². The van der Waals surface area contributed by atoms with Gasteiger partial charge >= 0.3 is 0 Å². The van der Waals surface area contributed by atoms with Gasteiger partial charge in [0.25, 0.3) is 0 Å². The number of fused-ring (bicyclic) bond motifs is 3. The molecule has 5 rings (SSSR count). The van der Waals surface area contributed by atoms with Crippen LogP contribution in [0.3, 0.4) is 0 Å². The minimum Gasteiger partial charge on any atom is -0.310 e. The fourth-order valence-electron chi connectivity index (χ4n) is 7.29. The third kappa shape index (κ3) is 7.71. The van der Waals surface area contributed by atoms with Crippen LogP contribution in [0.4, 0.5) is 17.1 Å². The van der Waals surface area contributed by atoms with Crippen molar-refractivity contribution in [2.45, 2.75) is 109 Å². The topological polar surface area (TPSA) is 3.24 Å². The monoisotopic (exact) mass is 713 g/mol. The molecule has 0 atom stereocenters. The van der Waals surface area contributed by atoms with Crippen molar-refractivity contribution in [1.82, 2.24) is 0 Å². The molecule has 0 spiro atoms. The average molecular weight is 716 g/mol. The van der Waals surface area contributed by atoms with Crippen molar-refractivity contribution in [3.8, 4) is 11.1 Å². The van der Waals surface area contributed by atoms with E-state index in [-0.39, 0.29) is 5.41 Å². The van der Waals surface area contributed by atoms with Crippen LogP contribution in [0.15, 0.2) is 99.9 Å². The second kappa shape index (κ2) is 16.3. The van der Waals surface area contributed by atoms with Crippen LogP contribution in [0, 0.1) is 0 Å². The zero-order chi connectivity index (χ0) is 30.8. The zero-order valence-electron chi connectivity index (χ0n) is 26.8. The summed E-state index contributed by atoms with van der Waals surface area (Å²) in [5, 5.41) is 0. The van der Waals surface area contributed by atoms with E-state index in [1.54, 1.807) is 5.56 Å². The molecule has 0 amide bonds. The van der Waals surface area contributed by atoms with Gasteiger partial charge in [-0.3, -0.25) is 0 Å². The number of anilines is 3. The number of halogens is 2. The Hall–Kier alpha value is -2.36. The third-order valence-electron chi connectivity index (χ3n) is 9.59. The predicted octanol–water partition coefficient (Wildman–Crippen LogP) is 14.4. The van der Waals surface area contributed by atoms with Gasteiger partial charge in [-0.15, -0.1) is 0 Å². The van der Waals surface area contributed by atoms with Crippen LogP contribution in [0.25, 0.3) is 11.1 Å². The second-order valence-corrected chi connectivity index (χ2v) is 14.5. The minimum absolute atomic E-state index is 0.0720. The molecule has 0 saturated carbocycles. The van der Waals surface area contributed by atoms with E-state index in [0.717, 1.165) is 8.95 Å². The van der Waals surface area contributed by atoms with Gasteiger partial charge in [0.05, 0.1) is 0 Å². The van der Waals surface area contributed by atoms with Crippen LogP contribution >= 0.6 is 31.9 Å². The Morgan fingerprint density at radius 2 is 0.932 bits per heavy atom. The van der Waals surface area contributed by atoms with E-state index in [2.05, 4.69) is 142 Å². The van der Waals surface area contributed by atoms with Crippen molar-refractivity contribution in [2.75, 3.05) is 4.90 Å². The van der Waals surface area contributed by atoms with Gasteiger partial charge in [-0.05, 0) is 95.8 Å². The molecular formula is C41H49Br2N. The van der Waals surface area contributed by atoms with Crippen LogP contribution in [-0.2, 0) is 5.41 Å². The van der Waals surface area contributed by atoms with Crippen LogP contribution in [0.2, 0.25) is 0 Å². The highest BCUT2D eigenvalue weighted by Gasteiger charge is 2.42. The lowest BCUT2D eigenvalue weighted by Gasteiger charge is -2.34. The van der Waals surface area contributed by atoms with E-state index in [1.165, 1.54) is 124 Å². The Morgan fingerprint density at radius 1 is 0.477 bits per heavy atom. The fourth-order valence-corrected chi connectivity index (χ4v) is 7.82. The van der Waals surface area contributed by atoms with Gasteiger partial charge in [0.15, 0.2) is 0 Å². The summed E-state index contributed by atoms with van der Waals surface area (Å²) in [6.45, 7) is 4.62. The molecule has 0 aromatic heterocycles. The quantitative estimate of drug-likeness (QED) is 0.0984. The van der Waals surface area contributed by atoms with Crippen LogP contribution in [0.5, 0.6) is 0 Å². The Bertz CT molecular complexity index is 1400. The van der Waals surface area contributed by atoms with Crippen molar-refractivity contribution in [1.29, 1.82) is 0 Å². The molecule has 1 aliphatic rings. The molecule has 44 heavy (non-hydrogen) atoms. The highest BCUT2D eigenvalue weighted by molar-refractivity contribution is 9.10. The number of benzene rings is 4. The number of unbranched alkanes of at least 4 members (excludes halogenated alkanes) is 10. The Kier molecular flexibility index (Phi) is 12.2. The first-order chi connectivity index (χ1) is 21.6. The van der Waals surface area contributed by atoms with Crippen molar-refractivity contribution in [3.63, 3.8) is 0 Å². The summed E-state index contributed by atoms with van der Waals surface area (Å²) in [5.41, 5.74) is 9.63. The summed E-state index contributed by atoms with van der Waals surface area (Å²) < 4.78 is 2.19. The van der Waals surface area contributed by atoms with Gasteiger partial charge in [0.1, 0.15) is 0 Å². The number of hydrogen-bond donors (Lipinski definition) is 0. The molecule has 0 fully saturated rings. The third-order valence-corrected chi connectivity index (χ3v) is 10.7. The van der Waals surface area contributed by atoms with Gasteiger partial charge in [-0.25, -0.2) is 0 Å². The first-order valence-electron chi connectivity index (χ1n) is 17.1. The number of rotatable bonds is 17. The summed E-state index contributed by atoms with van der Waals surface area (Å²) in [5.74, 6) is 0. The molecule has 0 aliphatic heterocycles. The van der Waals surface area contributed by atoms with Crippen molar-refractivity contribution >= 4 is 48.9 Å². The molecule has 0 heterocycles. The molecular weight excluding hydrogens is 666 g/mol. The molecule has 4 aromatic carbocycles. The average Bonchev–Trinajstić information content (AvgIpc) is 3.31. The van der Waals surface area contributed by atoms with Gasteiger partial charge in [0.2, 0.25) is 0 Å². The Morgan fingerprint density at radius 3 is 1.48 bits per heavy atom. The first-order valence-corrected chi connectivity index (χ1v) is 18.7. The van der Waals surface area contributed by atoms with Gasteiger partial charge in [-0.2, -0.15) is 0 Å². The molecule has 0 unspecified atom stereocenters. The molecule has 1 nitrogen and oxygen atoms in total. The summed E-state index contributed by atoms with van der Waals surface area (Å²) in [6.07, 6.45) is 18.5. The van der Waals surface area contributed by atoms with E-state index in [1.807, 2.05) is 0 Å². The summed E-state index contributed by atoms with van der Waals surface area (Å²) in [7, 11) is 0. The molecule has 0 bridgehead atoms. The van der Waals surface area contributed by atoms with E-state index >= 15 is 0 Å². The molecule has 0 N–H and O–H groups in total. The first kappa shape index (κ1) is 33.0. The van der Waals surface area contributed by atoms with Gasteiger partial charge in [-0.1, -0.05) is 153 Å². The highest BCUT2D eigenvalue weighted by Crippen LogP contribution is 2.55. The van der Waals surface area contributed by atoms with Crippen molar-refractivity contribution in [2.24, 2.45) is 0 Å². The van der Waals surface area contributed by atoms with Gasteiger partial charge < -0.3 is 4.90 Å². The Labute approximate surface area is 283 Å². The van der Waals surface area contributed by atoms with E-state index in [9.17, 15) is 0 Å². The van der Waals surface area contributed by atoms with Crippen LogP contribution in [-0.4, -0.2) is 0 Å². The maximum atomic E-state index is 3.65. The van der Waals surface area contributed by atoms with E-state index < -0.39 is 0 Å². The molecule has 1 aliphatic carbocycles. The Balaban J connectivity index is 1.56. The maximum Gasteiger partial charge on any atom is 0.0465 e. The largest absolute Gasteiger partial charge is 0.310 e. The highest BCUT2D eigenvalue weighted by atomic mass is 79.9. The van der Waals surface area contributed by atoms with Crippen molar-refractivity contribution < 1.29 is 0 Å². The lowest BCUT2D eigenvalue weighted by atomic mass is 9.70. The summed E-state index contributed by atoms with van der Waals surface area (Å²) in [6, 6.07) is 34.1. The second-order valence-electron chi connectivity index (χ2n) is 12.7. The SMILES string of the molecule is CCCCCCCCC1(CCCCCCCC)c2ccccc2-c2ccc(N(c3ccc(Br)cc3)c3ccc(Br)cc3)cc21. The standard InChI is InChI=1S/C41H49Br2N/c1-3-5-7-9-11-15-29-41(30-16-12-10-8-6-4-2)39-18-14-13-17-37(39)38-28-27-36(31-40(38)41)44(34-23-19-32(42)20-24-34)35-25-21-33(43)22-26-35/h13-14,17-28,31H,3-12,15-16,29-30H2,1-2H3. The zero-order valence-corrected chi connectivity index (χ0v) is 29.9. The summed E-state index contributed by atoms with van der Waals surface area (Å²) >= 11 is 7.30. The minimum atomic E-state index is 0.0720. The van der Waals surface area contributed by atoms with Crippen molar-refractivity contribution in [3.05, 3.63) is 111 Å². The lowest BCUT2D eigenvalue weighted by Crippen LogP contribution is -2.26. The normalized spacial score (nSPS) is 13.1. The molecule has 0 radical (unpaired) electrons. The maximum absolute atomic E-state index is 3.65. The van der Waals surface area contributed by atoms with E-state index in [4.69, 9.17) is 0 Å². The number of nitrogens with zero attached hydrogens (tertiary/aromatic N) is 1. The smallest absolute Gasteiger partial charge is 0.0465 e. The predicted molar refractivity (Wildman–Crippen MR) is 199 cm³/mol. The van der Waals surface area contributed by atoms with Crippen LogP contribution < -0.4 is 4.90 Å². The summed E-state index contributed by atoms with van der Waals surface area (Å²) in [4.78, 5) is 2.42.